The predicted octanol–water partition coefficient (Wildman–Crippen LogP) is -0.0301. The zero-order valence-electron chi connectivity index (χ0n) is 19.4. The topological polar surface area (TPSA) is 97.7 Å². The fraction of sp³-hybridized carbons (Fsp3) is 0.957. The second kappa shape index (κ2) is 9.80. The Hall–Kier alpha value is -0.840. The third kappa shape index (κ3) is 4.44. The van der Waals surface area contributed by atoms with Gasteiger partial charge in [0.05, 0.1) is 24.3 Å². The summed E-state index contributed by atoms with van der Waals surface area (Å²) in [6.07, 6.45) is 6.30. The Kier molecular flexibility index (Phi) is 7.02. The van der Waals surface area contributed by atoms with Crippen molar-refractivity contribution in [2.75, 3.05) is 39.8 Å². The number of hydrogen-bond acceptors (Lipinski definition) is 7. The van der Waals surface area contributed by atoms with Crippen LogP contribution in [0.1, 0.15) is 44.9 Å². The molecule has 4 aliphatic heterocycles. The molecule has 0 radical (unpaired) electrons. The third-order valence-corrected chi connectivity index (χ3v) is 8.96. The number of halogens is 1. The van der Waals surface area contributed by atoms with Crippen molar-refractivity contribution in [2.24, 2.45) is 29.4 Å². The molecule has 4 heterocycles. The maximum Gasteiger partial charge on any atom is 0.229 e. The van der Waals surface area contributed by atoms with Gasteiger partial charge < -0.3 is 21.3 Å². The van der Waals surface area contributed by atoms with Gasteiger partial charge in [-0.15, -0.1) is 0 Å². The molecule has 182 valence electrons. The van der Waals surface area contributed by atoms with Crippen molar-refractivity contribution in [2.45, 2.75) is 75.5 Å². The van der Waals surface area contributed by atoms with E-state index in [0.717, 1.165) is 45.4 Å². The van der Waals surface area contributed by atoms with E-state index in [1.165, 1.54) is 25.7 Å². The normalized spacial score (nSPS) is 42.8. The van der Waals surface area contributed by atoms with Gasteiger partial charge >= 0.3 is 0 Å². The molecule has 5 aliphatic rings. The summed E-state index contributed by atoms with van der Waals surface area (Å²) in [5, 5.41) is 12.1. The summed E-state index contributed by atoms with van der Waals surface area (Å²) in [6.45, 7) is 4.41. The van der Waals surface area contributed by atoms with E-state index in [2.05, 4.69) is 33.3 Å². The van der Waals surface area contributed by atoms with Crippen LogP contribution >= 0.6 is 0 Å². The third-order valence-electron chi connectivity index (χ3n) is 8.96. The minimum absolute atomic E-state index is 0.000826. The maximum atomic E-state index is 15.0. The molecule has 0 aromatic rings. The van der Waals surface area contributed by atoms with Gasteiger partial charge in [-0.2, -0.15) is 0 Å². The van der Waals surface area contributed by atoms with Crippen LogP contribution in [0.5, 0.6) is 0 Å². The number of nitrogens with zero attached hydrogens (tertiary/aromatic N) is 2. The number of alkyl halides is 1. The van der Waals surface area contributed by atoms with Crippen LogP contribution in [-0.2, 0) is 4.79 Å². The molecule has 0 bridgehead atoms. The summed E-state index contributed by atoms with van der Waals surface area (Å²) in [5.74, 6) is 1.09. The lowest BCUT2D eigenvalue weighted by Crippen LogP contribution is -2.66. The smallest absolute Gasteiger partial charge is 0.229 e. The van der Waals surface area contributed by atoms with Crippen LogP contribution < -0.4 is 27.1 Å². The standard InChI is InChI=1S/C23H42FN7O/c1-30-10-7-14(8-11-30)16-6-9-26-13-18(16)28-23(32)19-21(25)29-31-20(15-4-2-3-5-15)17(24)12-27-22(19)31/h14-22,26-27,29H,2-13,25H2,1H3,(H,28,32). The Balaban J connectivity index is 1.26. The summed E-state index contributed by atoms with van der Waals surface area (Å²) in [6, 6.07) is -0.0648. The minimum Gasteiger partial charge on any atom is -0.351 e. The van der Waals surface area contributed by atoms with Gasteiger partial charge in [0.25, 0.3) is 0 Å². The molecule has 32 heavy (non-hydrogen) atoms. The Morgan fingerprint density at radius 3 is 2.56 bits per heavy atom. The van der Waals surface area contributed by atoms with Crippen LogP contribution in [-0.4, -0.2) is 86.2 Å². The second-order valence-corrected chi connectivity index (χ2v) is 10.9. The summed E-state index contributed by atoms with van der Waals surface area (Å²) in [5.41, 5.74) is 9.73. The van der Waals surface area contributed by atoms with E-state index in [1.54, 1.807) is 0 Å². The van der Waals surface area contributed by atoms with E-state index < -0.39 is 18.3 Å². The quantitative estimate of drug-likeness (QED) is 0.410. The fourth-order valence-corrected chi connectivity index (χ4v) is 7.19. The Morgan fingerprint density at radius 2 is 1.81 bits per heavy atom. The van der Waals surface area contributed by atoms with Crippen LogP contribution in [0, 0.1) is 23.7 Å². The van der Waals surface area contributed by atoms with Crippen LogP contribution in [0.15, 0.2) is 0 Å². The van der Waals surface area contributed by atoms with Crippen molar-refractivity contribution >= 4 is 5.91 Å². The number of piperidine rings is 2. The highest BCUT2D eigenvalue weighted by atomic mass is 19.1. The monoisotopic (exact) mass is 451 g/mol. The molecular weight excluding hydrogens is 409 g/mol. The molecule has 5 fully saturated rings. The van der Waals surface area contributed by atoms with Crippen LogP contribution in [0.4, 0.5) is 4.39 Å². The molecule has 5 rings (SSSR count). The van der Waals surface area contributed by atoms with Crippen molar-refractivity contribution < 1.29 is 9.18 Å². The fourth-order valence-electron chi connectivity index (χ4n) is 7.19. The van der Waals surface area contributed by atoms with E-state index in [1.807, 2.05) is 5.01 Å². The number of hydrazine groups is 1. The summed E-state index contributed by atoms with van der Waals surface area (Å²) >= 11 is 0. The molecule has 0 aromatic heterocycles. The first-order valence-corrected chi connectivity index (χ1v) is 12.9. The van der Waals surface area contributed by atoms with Crippen molar-refractivity contribution in [3.63, 3.8) is 0 Å². The number of amides is 1. The molecule has 7 unspecified atom stereocenters. The van der Waals surface area contributed by atoms with E-state index in [-0.39, 0.29) is 24.2 Å². The van der Waals surface area contributed by atoms with Gasteiger partial charge in [-0.05, 0) is 76.5 Å². The first kappa shape index (κ1) is 22.9. The lowest BCUT2D eigenvalue weighted by Gasteiger charge is -2.44. The molecule has 0 aromatic carbocycles. The van der Waals surface area contributed by atoms with Gasteiger partial charge in [0.1, 0.15) is 6.17 Å². The molecule has 1 amide bonds. The molecule has 6 N–H and O–H groups in total. The summed E-state index contributed by atoms with van der Waals surface area (Å²) in [4.78, 5) is 15.9. The number of nitrogens with two attached hydrogens (primary N) is 1. The summed E-state index contributed by atoms with van der Waals surface area (Å²) < 4.78 is 15.0. The second-order valence-electron chi connectivity index (χ2n) is 10.9. The van der Waals surface area contributed by atoms with Crippen molar-refractivity contribution in [1.82, 2.24) is 31.3 Å². The minimum atomic E-state index is -0.938. The van der Waals surface area contributed by atoms with Crippen molar-refractivity contribution in [1.29, 1.82) is 0 Å². The number of likely N-dealkylation sites (tertiary alicyclic amines) is 1. The molecule has 1 aliphatic carbocycles. The average Bonchev–Trinajstić information content (AvgIpc) is 3.42. The molecule has 1 saturated carbocycles. The van der Waals surface area contributed by atoms with Gasteiger partial charge in [-0.3, -0.25) is 10.1 Å². The van der Waals surface area contributed by atoms with E-state index >= 15 is 0 Å². The Labute approximate surface area is 191 Å². The molecule has 8 nitrogen and oxygen atoms in total. The molecule has 4 saturated heterocycles. The molecular formula is C23H42FN7O. The first-order chi connectivity index (χ1) is 15.5. The lowest BCUT2D eigenvalue weighted by atomic mass is 9.76. The number of carbonyl (C=O) groups is 1. The number of rotatable bonds is 4. The molecule has 7 atom stereocenters. The van der Waals surface area contributed by atoms with Gasteiger partial charge in [-0.25, -0.2) is 14.8 Å². The van der Waals surface area contributed by atoms with Gasteiger partial charge in [0, 0.05) is 19.1 Å². The Bertz CT molecular complexity index is 654. The predicted molar refractivity (Wildman–Crippen MR) is 122 cm³/mol. The Morgan fingerprint density at radius 1 is 1.06 bits per heavy atom. The van der Waals surface area contributed by atoms with Gasteiger partial charge in [0.15, 0.2) is 0 Å². The number of nitrogens with one attached hydrogen (secondary N) is 4. The largest absolute Gasteiger partial charge is 0.351 e. The van der Waals surface area contributed by atoms with Gasteiger partial charge in [-0.1, -0.05) is 12.8 Å². The zero-order valence-corrected chi connectivity index (χ0v) is 19.4. The average molecular weight is 452 g/mol. The number of carbonyl (C=O) groups excluding carboxylic acids is 1. The molecule has 0 spiro atoms. The van der Waals surface area contributed by atoms with Crippen LogP contribution in [0.3, 0.4) is 0 Å². The van der Waals surface area contributed by atoms with Crippen LogP contribution in [0.25, 0.3) is 0 Å². The zero-order chi connectivity index (χ0) is 22.2. The number of hydrogen-bond donors (Lipinski definition) is 5. The SMILES string of the molecule is CN1CCC(C2CCNCC2NC(=O)C2C(N)NN3C2NCC(F)C3C2CCCC2)CC1. The van der Waals surface area contributed by atoms with Crippen molar-refractivity contribution in [3.05, 3.63) is 0 Å². The maximum absolute atomic E-state index is 15.0. The highest BCUT2D eigenvalue weighted by Crippen LogP contribution is 2.37. The van der Waals surface area contributed by atoms with Crippen LogP contribution in [0.2, 0.25) is 0 Å². The van der Waals surface area contributed by atoms with E-state index in [4.69, 9.17) is 5.73 Å². The van der Waals surface area contributed by atoms with E-state index in [0.29, 0.717) is 24.3 Å². The van der Waals surface area contributed by atoms with Gasteiger partial charge in [0.2, 0.25) is 5.91 Å². The van der Waals surface area contributed by atoms with E-state index in [9.17, 15) is 9.18 Å². The highest BCUT2D eigenvalue weighted by Gasteiger charge is 2.53. The first-order valence-electron chi connectivity index (χ1n) is 12.9. The lowest BCUT2D eigenvalue weighted by molar-refractivity contribution is -0.129. The van der Waals surface area contributed by atoms with Crippen molar-refractivity contribution in [3.8, 4) is 0 Å². The molecule has 9 heteroatoms. The number of fused-ring (bicyclic) bond motifs is 1. The summed E-state index contributed by atoms with van der Waals surface area (Å²) in [7, 11) is 2.19. The highest BCUT2D eigenvalue weighted by molar-refractivity contribution is 5.80.